The van der Waals surface area contributed by atoms with Gasteiger partial charge in [0.05, 0.1) is 5.71 Å². The number of oxime groups is 1. The summed E-state index contributed by atoms with van der Waals surface area (Å²) in [4.78, 5) is 14.4. The predicted molar refractivity (Wildman–Crippen MR) is 79.4 cm³/mol. The van der Waals surface area contributed by atoms with Crippen molar-refractivity contribution < 1.29 is 10.0 Å². The highest BCUT2D eigenvalue weighted by Gasteiger charge is 2.28. The lowest BCUT2D eigenvalue weighted by atomic mass is 9.92. The highest BCUT2D eigenvalue weighted by Crippen LogP contribution is 2.20. The Hall–Kier alpha value is -1.84. The van der Waals surface area contributed by atoms with E-state index in [0.717, 1.165) is 23.3 Å². The number of carbonyl (C=O) groups excluding carboxylic acids is 1. The second-order valence-corrected chi connectivity index (χ2v) is 5.50. The number of piperidine rings is 1. The van der Waals surface area contributed by atoms with Crippen LogP contribution in [0.1, 0.15) is 41.3 Å². The minimum absolute atomic E-state index is 0.0727. The molecule has 1 aliphatic rings. The molecule has 1 N–H and O–H groups in total. The molecule has 1 heterocycles. The summed E-state index contributed by atoms with van der Waals surface area (Å²) >= 11 is 0. The minimum Gasteiger partial charge on any atom is -0.411 e. The maximum Gasteiger partial charge on any atom is 0.253 e. The number of likely N-dealkylation sites (tertiary alicyclic amines) is 1. The minimum atomic E-state index is 0.0727. The van der Waals surface area contributed by atoms with Crippen LogP contribution in [0.2, 0.25) is 0 Å². The number of benzene rings is 1. The zero-order chi connectivity index (χ0) is 14.7. The van der Waals surface area contributed by atoms with E-state index in [1.165, 1.54) is 5.56 Å². The molecule has 1 fully saturated rings. The van der Waals surface area contributed by atoms with Gasteiger partial charge in [-0.2, -0.15) is 0 Å². The summed E-state index contributed by atoms with van der Waals surface area (Å²) < 4.78 is 0. The normalized spacial score (nSPS) is 21.2. The lowest BCUT2D eigenvalue weighted by molar-refractivity contribution is 0.0729. The molecule has 1 atom stereocenters. The number of amides is 1. The molecule has 2 rings (SSSR count). The van der Waals surface area contributed by atoms with Crippen LogP contribution < -0.4 is 0 Å². The van der Waals surface area contributed by atoms with E-state index in [1.54, 1.807) is 0 Å². The van der Waals surface area contributed by atoms with Crippen LogP contribution in [0, 0.1) is 19.8 Å². The molecule has 4 nitrogen and oxygen atoms in total. The third kappa shape index (κ3) is 2.84. The summed E-state index contributed by atoms with van der Waals surface area (Å²) in [6.45, 7) is 7.39. The largest absolute Gasteiger partial charge is 0.411 e. The molecular weight excluding hydrogens is 252 g/mol. The van der Waals surface area contributed by atoms with Crippen molar-refractivity contribution in [2.24, 2.45) is 11.1 Å². The first-order chi connectivity index (χ1) is 9.56. The zero-order valence-corrected chi connectivity index (χ0v) is 12.4. The van der Waals surface area contributed by atoms with Gasteiger partial charge in [0.2, 0.25) is 0 Å². The van der Waals surface area contributed by atoms with Gasteiger partial charge in [-0.25, -0.2) is 0 Å². The third-order valence-corrected chi connectivity index (χ3v) is 4.21. The summed E-state index contributed by atoms with van der Waals surface area (Å²) in [7, 11) is 0. The van der Waals surface area contributed by atoms with Crippen LogP contribution in [0.4, 0.5) is 0 Å². The Morgan fingerprint density at radius 1 is 1.40 bits per heavy atom. The van der Waals surface area contributed by atoms with Crippen molar-refractivity contribution in [3.8, 4) is 0 Å². The molecule has 20 heavy (non-hydrogen) atoms. The van der Waals surface area contributed by atoms with Crippen molar-refractivity contribution in [2.75, 3.05) is 13.1 Å². The molecular formula is C16H22N2O2. The molecule has 0 aliphatic carbocycles. The van der Waals surface area contributed by atoms with Gasteiger partial charge in [0.1, 0.15) is 0 Å². The summed E-state index contributed by atoms with van der Waals surface area (Å²) in [6.07, 6.45) is 1.54. The predicted octanol–water partition coefficient (Wildman–Crippen LogP) is 3.01. The maximum absolute atomic E-state index is 12.5. The van der Waals surface area contributed by atoms with Gasteiger partial charge in [0.25, 0.3) is 5.91 Å². The van der Waals surface area contributed by atoms with Crippen LogP contribution in [0.15, 0.2) is 23.4 Å². The smallest absolute Gasteiger partial charge is 0.253 e. The summed E-state index contributed by atoms with van der Waals surface area (Å²) in [5.74, 6) is 0.243. The first-order valence-corrected chi connectivity index (χ1v) is 7.14. The summed E-state index contributed by atoms with van der Waals surface area (Å²) in [5.41, 5.74) is 3.89. The highest BCUT2D eigenvalue weighted by molar-refractivity contribution is 5.96. The molecule has 1 aliphatic heterocycles. The van der Waals surface area contributed by atoms with Crippen molar-refractivity contribution in [1.29, 1.82) is 0 Å². The number of hydrogen-bond acceptors (Lipinski definition) is 3. The van der Waals surface area contributed by atoms with Crippen LogP contribution in [-0.2, 0) is 0 Å². The number of hydrogen-bond donors (Lipinski definition) is 1. The van der Waals surface area contributed by atoms with Gasteiger partial charge in [0, 0.05) is 31.0 Å². The van der Waals surface area contributed by atoms with Gasteiger partial charge in [-0.3, -0.25) is 4.79 Å². The van der Waals surface area contributed by atoms with Crippen molar-refractivity contribution >= 4 is 11.6 Å². The van der Waals surface area contributed by atoms with E-state index in [4.69, 9.17) is 5.21 Å². The van der Waals surface area contributed by atoms with E-state index in [-0.39, 0.29) is 11.8 Å². The fourth-order valence-electron chi connectivity index (χ4n) is 2.65. The van der Waals surface area contributed by atoms with Crippen molar-refractivity contribution in [2.45, 2.75) is 33.6 Å². The Morgan fingerprint density at radius 3 is 2.75 bits per heavy atom. The molecule has 4 heteroatoms. The lowest BCUT2D eigenvalue weighted by Crippen LogP contribution is -2.44. The number of carbonyl (C=O) groups is 1. The third-order valence-electron chi connectivity index (χ3n) is 4.21. The van der Waals surface area contributed by atoms with Gasteiger partial charge in [0.15, 0.2) is 0 Å². The lowest BCUT2D eigenvalue weighted by Gasteiger charge is -2.33. The van der Waals surface area contributed by atoms with Gasteiger partial charge >= 0.3 is 0 Å². The standard InChI is InChI=1S/C16H22N2O2/c1-4-13-10-18(8-7-15(13)17-20)16(19)14-6-5-11(2)12(3)9-14/h5-6,9,13,20H,4,7-8,10H2,1-3H3/b17-15+. The van der Waals surface area contributed by atoms with E-state index in [9.17, 15) is 4.79 Å². The topological polar surface area (TPSA) is 52.9 Å². The number of nitrogens with zero attached hydrogens (tertiary/aromatic N) is 2. The zero-order valence-electron chi connectivity index (χ0n) is 12.4. The summed E-state index contributed by atoms with van der Waals surface area (Å²) in [6, 6.07) is 5.83. The van der Waals surface area contributed by atoms with E-state index in [2.05, 4.69) is 12.1 Å². The van der Waals surface area contributed by atoms with E-state index < -0.39 is 0 Å². The van der Waals surface area contributed by atoms with E-state index in [1.807, 2.05) is 36.9 Å². The van der Waals surface area contributed by atoms with Gasteiger partial charge in [-0.05, 0) is 43.5 Å². The van der Waals surface area contributed by atoms with E-state index in [0.29, 0.717) is 19.5 Å². The quantitative estimate of drug-likeness (QED) is 0.666. The van der Waals surface area contributed by atoms with E-state index >= 15 is 0 Å². The average molecular weight is 274 g/mol. The molecule has 1 saturated heterocycles. The van der Waals surface area contributed by atoms with Crippen molar-refractivity contribution in [3.63, 3.8) is 0 Å². The fraction of sp³-hybridized carbons (Fsp3) is 0.500. The van der Waals surface area contributed by atoms with Gasteiger partial charge in [-0.15, -0.1) is 0 Å². The second-order valence-electron chi connectivity index (χ2n) is 5.50. The molecule has 1 amide bonds. The molecule has 0 saturated carbocycles. The Labute approximate surface area is 120 Å². The Balaban J connectivity index is 2.15. The van der Waals surface area contributed by atoms with Crippen molar-refractivity contribution in [3.05, 3.63) is 34.9 Å². The average Bonchev–Trinajstić information content (AvgIpc) is 2.48. The van der Waals surface area contributed by atoms with Crippen LogP contribution in [-0.4, -0.2) is 34.8 Å². The first kappa shape index (κ1) is 14.6. The fourth-order valence-corrected chi connectivity index (χ4v) is 2.65. The molecule has 108 valence electrons. The van der Waals surface area contributed by atoms with Crippen LogP contribution in [0.3, 0.4) is 0 Å². The highest BCUT2D eigenvalue weighted by atomic mass is 16.4. The van der Waals surface area contributed by atoms with Crippen LogP contribution in [0.5, 0.6) is 0 Å². The molecule has 1 aromatic rings. The Morgan fingerprint density at radius 2 is 2.15 bits per heavy atom. The first-order valence-electron chi connectivity index (χ1n) is 7.14. The Bertz CT molecular complexity index is 537. The molecule has 1 aromatic carbocycles. The van der Waals surface area contributed by atoms with Gasteiger partial charge in [-0.1, -0.05) is 18.1 Å². The monoisotopic (exact) mass is 274 g/mol. The molecule has 1 unspecified atom stereocenters. The SMILES string of the molecule is CCC1CN(C(=O)c2ccc(C)c(C)c2)CC/C1=N\O. The Kier molecular flexibility index (Phi) is 4.42. The number of rotatable bonds is 2. The van der Waals surface area contributed by atoms with Gasteiger partial charge < -0.3 is 10.1 Å². The maximum atomic E-state index is 12.5. The summed E-state index contributed by atoms with van der Waals surface area (Å²) in [5, 5.41) is 12.4. The molecule has 0 radical (unpaired) electrons. The second kappa shape index (κ2) is 6.07. The molecule has 0 bridgehead atoms. The molecule has 0 spiro atoms. The molecule has 0 aromatic heterocycles. The number of aryl methyl sites for hydroxylation is 2. The van der Waals surface area contributed by atoms with Crippen LogP contribution in [0.25, 0.3) is 0 Å². The van der Waals surface area contributed by atoms with Crippen molar-refractivity contribution in [1.82, 2.24) is 4.90 Å². The van der Waals surface area contributed by atoms with Crippen LogP contribution >= 0.6 is 0 Å².